The maximum atomic E-state index is 12.4. The summed E-state index contributed by atoms with van der Waals surface area (Å²) < 4.78 is 3.01. The minimum absolute atomic E-state index is 0.332. The lowest BCUT2D eigenvalue weighted by Gasteiger charge is -1.93. The molecular weight excluding hydrogens is 330 g/mol. The third kappa shape index (κ3) is 2.51. The van der Waals surface area contributed by atoms with E-state index in [2.05, 4.69) is 19.9 Å². The molecule has 0 aliphatic heterocycles. The summed E-state index contributed by atoms with van der Waals surface area (Å²) in [4.78, 5) is 28.7. The van der Waals surface area contributed by atoms with Crippen molar-refractivity contribution in [3.8, 4) is 10.8 Å². The number of benzene rings is 1. The molecular formula is C15H11N5OS2. The van der Waals surface area contributed by atoms with E-state index in [1.807, 2.05) is 35.9 Å². The van der Waals surface area contributed by atoms with Gasteiger partial charge in [0.1, 0.15) is 5.69 Å². The second-order valence-corrected chi connectivity index (χ2v) is 6.67. The number of aromatic amines is 1. The van der Waals surface area contributed by atoms with Gasteiger partial charge < -0.3 is 9.55 Å². The molecule has 6 nitrogen and oxygen atoms in total. The van der Waals surface area contributed by atoms with Crippen molar-refractivity contribution >= 4 is 38.8 Å². The zero-order valence-corrected chi connectivity index (χ0v) is 13.7. The zero-order chi connectivity index (χ0) is 15.8. The summed E-state index contributed by atoms with van der Waals surface area (Å²) >= 11 is 2.85. The lowest BCUT2D eigenvalue weighted by molar-refractivity contribution is 0.0994. The number of nitrogens with one attached hydrogen (secondary N) is 1. The molecule has 0 atom stereocenters. The largest absolute Gasteiger partial charge is 0.343 e. The second kappa shape index (κ2) is 5.56. The van der Waals surface area contributed by atoms with E-state index in [9.17, 15) is 4.79 Å². The smallest absolute Gasteiger partial charge is 0.299 e. The number of aryl methyl sites for hydroxylation is 1. The molecule has 0 aliphatic carbocycles. The first-order chi connectivity index (χ1) is 11.2. The third-order valence-corrected chi connectivity index (χ3v) is 5.30. The molecule has 1 aromatic carbocycles. The molecule has 3 aromatic heterocycles. The number of thiazole rings is 2. The lowest BCUT2D eigenvalue weighted by Crippen LogP contribution is -2.13. The summed E-state index contributed by atoms with van der Waals surface area (Å²) in [5.74, 6) is 0.308. The van der Waals surface area contributed by atoms with E-state index < -0.39 is 0 Å². The summed E-state index contributed by atoms with van der Waals surface area (Å²) in [5, 5.41) is 2.38. The molecule has 1 amide bonds. The summed E-state index contributed by atoms with van der Waals surface area (Å²) in [6.07, 6.45) is 3.37. The van der Waals surface area contributed by atoms with Crippen molar-refractivity contribution in [3.63, 3.8) is 0 Å². The number of rotatable bonds is 2. The fraction of sp³-hybridized carbons (Fsp3) is 0.0667. The molecule has 114 valence electrons. The molecule has 4 aromatic rings. The van der Waals surface area contributed by atoms with Gasteiger partial charge >= 0.3 is 0 Å². The number of imidazole rings is 1. The highest BCUT2D eigenvalue weighted by molar-refractivity contribution is 7.16. The van der Waals surface area contributed by atoms with Crippen LogP contribution in [0.4, 0.5) is 0 Å². The lowest BCUT2D eigenvalue weighted by atomic mass is 10.3. The Labute approximate surface area is 138 Å². The fourth-order valence-corrected chi connectivity index (χ4v) is 3.96. The van der Waals surface area contributed by atoms with Crippen LogP contribution in [-0.4, -0.2) is 25.4 Å². The Hall–Kier alpha value is -2.58. The Morgan fingerprint density at radius 1 is 1.35 bits per heavy atom. The van der Waals surface area contributed by atoms with Crippen LogP contribution in [-0.2, 0) is 7.05 Å². The molecule has 8 heteroatoms. The van der Waals surface area contributed by atoms with Gasteiger partial charge in [-0.05, 0) is 12.1 Å². The molecule has 1 N–H and O–H groups in total. The number of aromatic nitrogens is 4. The molecule has 0 saturated heterocycles. The number of hydrogen-bond donors (Lipinski definition) is 1. The van der Waals surface area contributed by atoms with Crippen LogP contribution < -0.4 is 4.80 Å². The minimum atomic E-state index is -0.346. The van der Waals surface area contributed by atoms with Gasteiger partial charge in [0.25, 0.3) is 5.91 Å². The van der Waals surface area contributed by atoms with Gasteiger partial charge in [0.15, 0.2) is 15.6 Å². The highest BCUT2D eigenvalue weighted by Crippen LogP contribution is 2.20. The summed E-state index contributed by atoms with van der Waals surface area (Å²) in [7, 11) is 1.90. The Bertz CT molecular complexity index is 1060. The number of hydrogen-bond acceptors (Lipinski definition) is 5. The van der Waals surface area contributed by atoms with Gasteiger partial charge in [0, 0.05) is 24.8 Å². The molecule has 0 radical (unpaired) electrons. The second-order valence-electron chi connectivity index (χ2n) is 4.80. The van der Waals surface area contributed by atoms with Crippen molar-refractivity contribution in [2.45, 2.75) is 0 Å². The maximum absolute atomic E-state index is 12.4. The number of fused-ring (bicyclic) bond motifs is 1. The number of nitrogens with zero attached hydrogens (tertiary/aromatic N) is 4. The maximum Gasteiger partial charge on any atom is 0.299 e. The molecule has 0 saturated carbocycles. The molecule has 0 aliphatic rings. The highest BCUT2D eigenvalue weighted by atomic mass is 32.1. The fourth-order valence-electron chi connectivity index (χ4n) is 2.20. The summed E-state index contributed by atoms with van der Waals surface area (Å²) in [6, 6.07) is 7.96. The number of H-pyrrole nitrogens is 1. The molecule has 0 fully saturated rings. The van der Waals surface area contributed by atoms with Crippen LogP contribution in [0.5, 0.6) is 0 Å². The highest BCUT2D eigenvalue weighted by Gasteiger charge is 2.13. The predicted octanol–water partition coefficient (Wildman–Crippen LogP) is 2.83. The van der Waals surface area contributed by atoms with E-state index in [0.29, 0.717) is 21.3 Å². The Morgan fingerprint density at radius 2 is 2.22 bits per heavy atom. The first kappa shape index (κ1) is 14.0. The average molecular weight is 341 g/mol. The number of amides is 1. The van der Waals surface area contributed by atoms with E-state index in [0.717, 1.165) is 10.2 Å². The van der Waals surface area contributed by atoms with Crippen LogP contribution in [0.2, 0.25) is 0 Å². The molecule has 4 rings (SSSR count). The van der Waals surface area contributed by atoms with Crippen LogP contribution >= 0.6 is 22.7 Å². The van der Waals surface area contributed by atoms with Crippen molar-refractivity contribution in [3.05, 3.63) is 52.5 Å². The van der Waals surface area contributed by atoms with E-state index >= 15 is 0 Å². The first-order valence-electron chi connectivity index (χ1n) is 6.81. The Balaban J connectivity index is 1.73. The number of para-hydroxylation sites is 1. The van der Waals surface area contributed by atoms with Crippen molar-refractivity contribution in [2.75, 3.05) is 0 Å². The van der Waals surface area contributed by atoms with Gasteiger partial charge in [0.05, 0.1) is 10.2 Å². The van der Waals surface area contributed by atoms with Crippen LogP contribution in [0.25, 0.3) is 21.0 Å². The monoisotopic (exact) mass is 341 g/mol. The van der Waals surface area contributed by atoms with Gasteiger partial charge in [-0.1, -0.05) is 23.5 Å². The number of carbonyl (C=O) groups excluding carboxylic acids is 1. The molecule has 0 bridgehead atoms. The first-order valence-corrected chi connectivity index (χ1v) is 8.51. The van der Waals surface area contributed by atoms with Crippen molar-refractivity contribution < 1.29 is 4.79 Å². The zero-order valence-electron chi connectivity index (χ0n) is 12.1. The predicted molar refractivity (Wildman–Crippen MR) is 90.4 cm³/mol. The minimum Gasteiger partial charge on any atom is -0.343 e. The van der Waals surface area contributed by atoms with Crippen LogP contribution in [0.1, 0.15) is 10.5 Å². The summed E-state index contributed by atoms with van der Waals surface area (Å²) in [6.45, 7) is 0. The van der Waals surface area contributed by atoms with Gasteiger partial charge in [-0.2, -0.15) is 4.99 Å². The SMILES string of the molecule is Cn1c(=NC(=O)c2csc(-c3ncc[nH]3)n2)sc2ccccc21. The number of carbonyl (C=O) groups is 1. The quantitative estimate of drug-likeness (QED) is 0.609. The molecule has 0 unspecified atom stereocenters. The van der Waals surface area contributed by atoms with E-state index in [4.69, 9.17) is 0 Å². The van der Waals surface area contributed by atoms with Crippen molar-refractivity contribution in [1.29, 1.82) is 0 Å². The Kier molecular flexibility index (Phi) is 3.40. The van der Waals surface area contributed by atoms with Crippen molar-refractivity contribution in [2.24, 2.45) is 12.0 Å². The molecule has 3 heterocycles. The molecule has 0 spiro atoms. The van der Waals surface area contributed by atoms with Crippen LogP contribution in [0.3, 0.4) is 0 Å². The van der Waals surface area contributed by atoms with Gasteiger partial charge in [-0.3, -0.25) is 4.79 Å². The average Bonchev–Trinajstić information content (AvgIpc) is 3.28. The summed E-state index contributed by atoms with van der Waals surface area (Å²) in [5.41, 5.74) is 1.39. The van der Waals surface area contributed by atoms with Crippen molar-refractivity contribution in [1.82, 2.24) is 19.5 Å². The van der Waals surface area contributed by atoms with E-state index in [1.54, 1.807) is 17.8 Å². The van der Waals surface area contributed by atoms with Crippen LogP contribution in [0.15, 0.2) is 47.0 Å². The normalized spacial score (nSPS) is 12.1. The van der Waals surface area contributed by atoms with Gasteiger partial charge in [-0.15, -0.1) is 11.3 Å². The van der Waals surface area contributed by atoms with Gasteiger partial charge in [-0.25, -0.2) is 9.97 Å². The van der Waals surface area contributed by atoms with Crippen LogP contribution in [0, 0.1) is 0 Å². The Morgan fingerprint density at radius 3 is 3.00 bits per heavy atom. The van der Waals surface area contributed by atoms with Gasteiger partial charge in [0.2, 0.25) is 0 Å². The topological polar surface area (TPSA) is 75.9 Å². The standard InChI is InChI=1S/C15H11N5OS2/c1-20-10-4-2-3-5-11(10)23-15(20)19-13(21)9-8-22-14(18-9)12-16-6-7-17-12/h2-8H,1H3,(H,16,17). The third-order valence-electron chi connectivity index (χ3n) is 3.34. The molecule has 23 heavy (non-hydrogen) atoms. The van der Waals surface area contributed by atoms with E-state index in [1.165, 1.54) is 22.7 Å². The van der Waals surface area contributed by atoms with E-state index in [-0.39, 0.29) is 5.91 Å².